The van der Waals surface area contributed by atoms with E-state index in [1.807, 2.05) is 32.1 Å². The summed E-state index contributed by atoms with van der Waals surface area (Å²) < 4.78 is 106. The van der Waals surface area contributed by atoms with Crippen molar-refractivity contribution >= 4 is 17.7 Å². The molecule has 0 aromatic rings. The van der Waals surface area contributed by atoms with Gasteiger partial charge in [0.15, 0.2) is 0 Å². The van der Waals surface area contributed by atoms with Gasteiger partial charge in [-0.25, -0.2) is 0 Å². The van der Waals surface area contributed by atoms with Crippen LogP contribution in [-0.4, -0.2) is 307 Å². The standard InChI is InChI=1S/C79H147N5O22/c1-12-72(78(8,9)13-2)70(6)83-71(7)76(86)81-26-28-88-30-32-90-34-36-92-38-40-94-42-44-96-46-48-98-50-52-100-54-56-102-58-60-104-62-64-106-65-63-105-61-59-103-57-55-101-53-51-99-49-47-97-45-43-95-41-39-93-37-35-91-33-31-89-29-27-82-77(87)74(21-14-15-25-80)84-75(85)66-68(4)19-16-18-67(3)22-23-73-69(5)20-17-24-79(73,10)11/h16,18-19,22-23,66,70-72,74,83H,12-15,17,20-21,24-65,80H2,1-11H3,(H,81,86)(H,82,87)(H,84,85)/b19-16+,23-22+,67-18+,68-66+/t70-,71+,72-,74+/m0/s1. The van der Waals surface area contributed by atoms with Gasteiger partial charge in [-0.05, 0) is 108 Å². The number of hydrogen-bond donors (Lipinski definition) is 5. The van der Waals surface area contributed by atoms with Crippen LogP contribution in [0.25, 0.3) is 0 Å². The van der Waals surface area contributed by atoms with Gasteiger partial charge in [-0.15, -0.1) is 0 Å². The lowest BCUT2D eigenvalue weighted by atomic mass is 9.72. The Kier molecular flexibility index (Phi) is 67.7. The molecule has 0 heterocycles. The molecule has 6 N–H and O–H groups in total. The van der Waals surface area contributed by atoms with Crippen LogP contribution >= 0.6 is 0 Å². The summed E-state index contributed by atoms with van der Waals surface area (Å²) in [5.41, 5.74) is 10.9. The lowest BCUT2D eigenvalue weighted by Gasteiger charge is -2.38. The molecule has 4 atom stereocenters. The van der Waals surface area contributed by atoms with Crippen molar-refractivity contribution < 1.29 is 104 Å². The molecule has 0 bridgehead atoms. The van der Waals surface area contributed by atoms with Crippen molar-refractivity contribution in [2.24, 2.45) is 22.5 Å². The van der Waals surface area contributed by atoms with Gasteiger partial charge in [-0.1, -0.05) is 95.9 Å². The summed E-state index contributed by atoms with van der Waals surface area (Å²) in [6.07, 6.45) is 19.5. The molecule has 1 rings (SSSR count). The minimum Gasteiger partial charge on any atom is -0.377 e. The number of nitrogens with two attached hydrogens (primary N) is 1. The SMILES string of the molecule is CC[C@@H]([C@H](C)N[C@H](C)C(=O)NCCOCCOCCOCCOCCOCCOCCOCCOCCOCCOCCOCCOCCOCCOCCOCCOCCOCCOCCOCCNC(=O)[C@@H](CCCCN)NC(=O)/C=C(C)/C=C/C=C(C)/C=C/C1=C(C)CCCC1(C)C)C(C)(C)CC. The van der Waals surface area contributed by atoms with E-state index in [1.165, 1.54) is 30.1 Å². The predicted octanol–water partition coefficient (Wildman–Crippen LogP) is 7.51. The minimum atomic E-state index is -0.679. The molecule has 0 fully saturated rings. The first-order valence-corrected chi connectivity index (χ1v) is 39.2. The fourth-order valence-electron chi connectivity index (χ4n) is 11.1. The van der Waals surface area contributed by atoms with Gasteiger partial charge in [0.2, 0.25) is 17.7 Å². The van der Waals surface area contributed by atoms with Crippen LogP contribution < -0.4 is 27.0 Å². The summed E-state index contributed by atoms with van der Waals surface area (Å²) in [5, 5.41) is 12.2. The Morgan fingerprint density at radius 1 is 0.481 bits per heavy atom. The molecular weight excluding hydrogens is 1370 g/mol. The van der Waals surface area contributed by atoms with Crippen molar-refractivity contribution in [2.75, 3.05) is 271 Å². The number of amides is 3. The first kappa shape index (κ1) is 100. The number of carbonyl (C=O) groups is 3. The molecule has 1 aliphatic carbocycles. The fourth-order valence-corrected chi connectivity index (χ4v) is 11.1. The van der Waals surface area contributed by atoms with Crippen LogP contribution in [0.3, 0.4) is 0 Å². The zero-order valence-corrected chi connectivity index (χ0v) is 67.5. The molecule has 0 unspecified atom stereocenters. The summed E-state index contributed by atoms with van der Waals surface area (Å²) >= 11 is 0. The van der Waals surface area contributed by atoms with Gasteiger partial charge in [-0.3, -0.25) is 14.4 Å². The smallest absolute Gasteiger partial charge is 0.244 e. The number of allylic oxidation sites excluding steroid dienone is 9. The van der Waals surface area contributed by atoms with E-state index in [2.05, 4.69) is 95.7 Å². The van der Waals surface area contributed by atoms with E-state index in [0.29, 0.717) is 289 Å². The van der Waals surface area contributed by atoms with E-state index < -0.39 is 6.04 Å². The number of ether oxygens (including phenoxy) is 19. The Morgan fingerprint density at radius 2 is 0.811 bits per heavy atom. The monoisotopic (exact) mass is 1520 g/mol. The van der Waals surface area contributed by atoms with Crippen molar-refractivity contribution in [1.29, 1.82) is 0 Å². The maximum absolute atomic E-state index is 13.0. The van der Waals surface area contributed by atoms with E-state index in [1.54, 1.807) is 0 Å². The molecule has 0 aromatic heterocycles. The quantitative estimate of drug-likeness (QED) is 0.0223. The van der Waals surface area contributed by atoms with Gasteiger partial charge in [-0.2, -0.15) is 0 Å². The Balaban J connectivity index is 1.77. The molecule has 0 radical (unpaired) electrons. The molecule has 0 spiro atoms. The first-order valence-electron chi connectivity index (χ1n) is 39.2. The molecule has 0 saturated heterocycles. The van der Waals surface area contributed by atoms with E-state index in [9.17, 15) is 14.4 Å². The number of hydrogen-bond acceptors (Lipinski definition) is 24. The first-order chi connectivity index (χ1) is 51.5. The minimum absolute atomic E-state index is 0.0169. The molecule has 620 valence electrons. The summed E-state index contributed by atoms with van der Waals surface area (Å²) in [7, 11) is 0. The molecule has 27 heteroatoms. The van der Waals surface area contributed by atoms with Crippen LogP contribution in [0.2, 0.25) is 0 Å². The van der Waals surface area contributed by atoms with Crippen LogP contribution in [0, 0.1) is 16.7 Å². The number of rotatable bonds is 78. The lowest BCUT2D eigenvalue weighted by Crippen LogP contribution is -2.50. The van der Waals surface area contributed by atoms with Crippen molar-refractivity contribution in [1.82, 2.24) is 21.3 Å². The maximum atomic E-state index is 13.0. The Morgan fingerprint density at radius 3 is 1.12 bits per heavy atom. The van der Waals surface area contributed by atoms with E-state index >= 15 is 0 Å². The van der Waals surface area contributed by atoms with Crippen LogP contribution in [0.1, 0.15) is 128 Å². The Labute approximate surface area is 638 Å². The molecule has 106 heavy (non-hydrogen) atoms. The van der Waals surface area contributed by atoms with E-state index in [4.69, 9.17) is 95.7 Å². The van der Waals surface area contributed by atoms with Gasteiger partial charge in [0.05, 0.1) is 257 Å². The average Bonchev–Trinajstić information content (AvgIpc) is 0.835. The second kappa shape index (κ2) is 71.6. The predicted molar refractivity (Wildman–Crippen MR) is 412 cm³/mol. The number of unbranched alkanes of at least 4 members (excludes halogenated alkanes) is 1. The summed E-state index contributed by atoms with van der Waals surface area (Å²) in [6.45, 7) is 42.6. The van der Waals surface area contributed by atoms with Gasteiger partial charge < -0.3 is 117 Å². The summed E-state index contributed by atoms with van der Waals surface area (Å²) in [4.78, 5) is 38.5. The van der Waals surface area contributed by atoms with Crippen LogP contribution in [-0.2, 0) is 104 Å². The van der Waals surface area contributed by atoms with Crippen molar-refractivity contribution in [3.63, 3.8) is 0 Å². The van der Waals surface area contributed by atoms with Gasteiger partial charge in [0.25, 0.3) is 0 Å². The second-order valence-corrected chi connectivity index (χ2v) is 27.0. The van der Waals surface area contributed by atoms with Crippen molar-refractivity contribution in [3.05, 3.63) is 58.7 Å². The lowest BCUT2D eigenvalue weighted by molar-refractivity contribution is -0.127. The third kappa shape index (κ3) is 60.1. The Hall–Kier alpha value is -3.73. The molecule has 27 nitrogen and oxygen atoms in total. The highest BCUT2D eigenvalue weighted by molar-refractivity contribution is 5.93. The van der Waals surface area contributed by atoms with Crippen molar-refractivity contribution in [3.8, 4) is 0 Å². The molecular formula is C79H147N5O22. The zero-order chi connectivity index (χ0) is 77.5. The Bertz CT molecular complexity index is 2240. The molecule has 0 saturated carbocycles. The topological polar surface area (TPSA) is 301 Å². The third-order valence-electron chi connectivity index (χ3n) is 17.4. The highest BCUT2D eigenvalue weighted by Crippen LogP contribution is 2.41. The molecule has 0 aliphatic heterocycles. The fraction of sp³-hybridized carbons (Fsp3) is 0.835. The summed E-state index contributed by atoms with van der Waals surface area (Å²) in [6, 6.07) is -0.704. The van der Waals surface area contributed by atoms with Crippen LogP contribution in [0.4, 0.5) is 0 Å². The molecule has 3 amide bonds. The normalized spacial score (nSPS) is 14.9. The summed E-state index contributed by atoms with van der Waals surface area (Å²) in [5.74, 6) is -0.106. The highest BCUT2D eigenvalue weighted by atomic mass is 16.6. The number of nitrogens with one attached hydrogen (secondary N) is 4. The highest BCUT2D eigenvalue weighted by Gasteiger charge is 2.32. The van der Waals surface area contributed by atoms with Crippen LogP contribution in [0.5, 0.6) is 0 Å². The van der Waals surface area contributed by atoms with Crippen molar-refractivity contribution in [2.45, 2.75) is 146 Å². The largest absolute Gasteiger partial charge is 0.377 e. The molecule has 0 aromatic carbocycles. The molecule has 1 aliphatic rings. The zero-order valence-electron chi connectivity index (χ0n) is 67.5. The average molecular weight is 1520 g/mol. The third-order valence-corrected chi connectivity index (χ3v) is 17.4. The van der Waals surface area contributed by atoms with Crippen LogP contribution in [0.15, 0.2) is 58.7 Å². The van der Waals surface area contributed by atoms with Gasteiger partial charge >= 0.3 is 0 Å². The van der Waals surface area contributed by atoms with E-state index in [-0.39, 0.29) is 40.6 Å². The van der Waals surface area contributed by atoms with Gasteiger partial charge in [0.1, 0.15) is 6.04 Å². The second-order valence-electron chi connectivity index (χ2n) is 27.0. The van der Waals surface area contributed by atoms with Gasteiger partial charge in [0, 0.05) is 25.2 Å². The maximum Gasteiger partial charge on any atom is 0.244 e. The number of carbonyl (C=O) groups excluding carboxylic acids is 3. The van der Waals surface area contributed by atoms with E-state index in [0.717, 1.165) is 36.8 Å².